The van der Waals surface area contributed by atoms with Gasteiger partial charge in [0, 0.05) is 30.8 Å². The molecule has 1 aliphatic heterocycles. The van der Waals surface area contributed by atoms with Crippen molar-refractivity contribution in [3.8, 4) is 0 Å². The number of benzene rings is 1. The molecule has 0 bridgehead atoms. The second-order valence-electron chi connectivity index (χ2n) is 7.15. The van der Waals surface area contributed by atoms with Crippen molar-refractivity contribution in [1.29, 1.82) is 0 Å². The van der Waals surface area contributed by atoms with E-state index in [0.717, 1.165) is 11.2 Å². The number of hydrogen-bond acceptors (Lipinski definition) is 4. The van der Waals surface area contributed by atoms with Gasteiger partial charge < -0.3 is 10.2 Å². The van der Waals surface area contributed by atoms with Gasteiger partial charge in [-0.25, -0.2) is 4.79 Å². The molecule has 3 heterocycles. The van der Waals surface area contributed by atoms with E-state index in [1.165, 1.54) is 0 Å². The summed E-state index contributed by atoms with van der Waals surface area (Å²) < 4.78 is 1.87. The van der Waals surface area contributed by atoms with Crippen LogP contribution in [-0.4, -0.2) is 44.4 Å². The predicted octanol–water partition coefficient (Wildman–Crippen LogP) is 3.09. The molecule has 144 valence electrons. The molecule has 1 atom stereocenters. The van der Waals surface area contributed by atoms with Gasteiger partial charge in [-0.15, -0.1) is 10.2 Å². The van der Waals surface area contributed by atoms with Crippen LogP contribution in [0.15, 0.2) is 54.7 Å². The maximum atomic E-state index is 12.7. The smallest absolute Gasteiger partial charge is 0.317 e. The molecule has 1 unspecified atom stereocenters. The normalized spacial score (nSPS) is 16.1. The van der Waals surface area contributed by atoms with Gasteiger partial charge in [0.1, 0.15) is 0 Å². The van der Waals surface area contributed by atoms with Crippen molar-refractivity contribution in [3.05, 3.63) is 66.1 Å². The Morgan fingerprint density at radius 2 is 1.75 bits per heavy atom. The molecule has 4 rings (SSSR count). The Balaban J connectivity index is 1.34. The molecule has 1 aromatic carbocycles. The Labute approximate surface area is 163 Å². The van der Waals surface area contributed by atoms with Gasteiger partial charge in [-0.05, 0) is 31.9 Å². The van der Waals surface area contributed by atoms with Gasteiger partial charge in [-0.3, -0.25) is 9.20 Å². The van der Waals surface area contributed by atoms with Crippen molar-refractivity contribution < 1.29 is 9.59 Å². The Morgan fingerprint density at radius 3 is 2.50 bits per heavy atom. The topological polar surface area (TPSA) is 79.6 Å². The number of aromatic nitrogens is 3. The molecule has 3 aromatic rings. The number of nitrogens with zero attached hydrogens (tertiary/aromatic N) is 4. The lowest BCUT2D eigenvalue weighted by Gasteiger charge is -2.32. The van der Waals surface area contributed by atoms with Gasteiger partial charge in [0.25, 0.3) is 0 Å². The van der Waals surface area contributed by atoms with Gasteiger partial charge in [0.2, 0.25) is 0 Å². The lowest BCUT2D eigenvalue weighted by Crippen LogP contribution is -2.46. The fourth-order valence-electron chi connectivity index (χ4n) is 3.68. The first kappa shape index (κ1) is 18.2. The number of carbonyl (C=O) groups excluding carboxylic acids is 2. The van der Waals surface area contributed by atoms with E-state index in [9.17, 15) is 9.59 Å². The molecule has 0 radical (unpaired) electrons. The molecule has 2 amide bonds. The largest absolute Gasteiger partial charge is 0.328 e. The van der Waals surface area contributed by atoms with Crippen LogP contribution in [0.25, 0.3) is 5.65 Å². The van der Waals surface area contributed by atoms with E-state index in [0.29, 0.717) is 31.8 Å². The van der Waals surface area contributed by atoms with Crippen molar-refractivity contribution in [2.24, 2.45) is 5.92 Å². The van der Waals surface area contributed by atoms with E-state index in [2.05, 4.69) is 15.5 Å². The minimum absolute atomic E-state index is 0.0238. The second-order valence-corrected chi connectivity index (χ2v) is 7.15. The molecule has 0 aliphatic carbocycles. The van der Waals surface area contributed by atoms with Crippen molar-refractivity contribution in [3.63, 3.8) is 0 Å². The summed E-state index contributed by atoms with van der Waals surface area (Å²) in [5, 5.41) is 11.3. The standard InChI is InChI=1S/C21H23N5O2/c1-15(20-24-23-18-9-5-6-12-26(18)20)22-21(28)25-13-10-17(11-14-25)19(27)16-7-3-2-4-8-16/h2-9,12,15,17H,10-11,13-14H2,1H3,(H,22,28). The Kier molecular flexibility index (Phi) is 5.06. The number of carbonyl (C=O) groups is 2. The van der Waals surface area contributed by atoms with Gasteiger partial charge in [0.15, 0.2) is 17.3 Å². The molecule has 28 heavy (non-hydrogen) atoms. The minimum Gasteiger partial charge on any atom is -0.328 e. The summed E-state index contributed by atoms with van der Waals surface area (Å²) in [5.74, 6) is 0.839. The summed E-state index contributed by atoms with van der Waals surface area (Å²) >= 11 is 0. The van der Waals surface area contributed by atoms with Crippen LogP contribution < -0.4 is 5.32 Å². The van der Waals surface area contributed by atoms with Gasteiger partial charge >= 0.3 is 6.03 Å². The molecule has 1 N–H and O–H groups in total. The number of ketones is 1. The van der Waals surface area contributed by atoms with Crippen molar-refractivity contribution in [2.75, 3.05) is 13.1 Å². The second kappa shape index (κ2) is 7.80. The quantitative estimate of drug-likeness (QED) is 0.709. The number of likely N-dealkylation sites (tertiary alicyclic amines) is 1. The molecule has 0 spiro atoms. The summed E-state index contributed by atoms with van der Waals surface area (Å²) in [6.07, 6.45) is 3.25. The highest BCUT2D eigenvalue weighted by Crippen LogP contribution is 2.22. The van der Waals surface area contributed by atoms with Crippen molar-refractivity contribution in [2.45, 2.75) is 25.8 Å². The lowest BCUT2D eigenvalue weighted by molar-refractivity contribution is 0.0853. The molecule has 7 heteroatoms. The summed E-state index contributed by atoms with van der Waals surface area (Å²) in [4.78, 5) is 27.0. The summed E-state index contributed by atoms with van der Waals surface area (Å²) in [6.45, 7) is 3.04. The van der Waals surface area contributed by atoms with E-state index in [1.807, 2.05) is 66.1 Å². The molecule has 2 aromatic heterocycles. The molecular formula is C21H23N5O2. The zero-order valence-electron chi connectivity index (χ0n) is 15.8. The van der Waals surface area contributed by atoms with E-state index >= 15 is 0 Å². The number of piperidine rings is 1. The van der Waals surface area contributed by atoms with Crippen LogP contribution in [0.3, 0.4) is 0 Å². The van der Waals surface area contributed by atoms with Crippen LogP contribution in [0.4, 0.5) is 4.79 Å². The average Bonchev–Trinajstić information content (AvgIpc) is 3.18. The van der Waals surface area contributed by atoms with E-state index < -0.39 is 0 Å². The van der Waals surface area contributed by atoms with E-state index in [1.54, 1.807) is 4.90 Å². The molecule has 1 fully saturated rings. The first-order valence-corrected chi connectivity index (χ1v) is 9.58. The highest BCUT2D eigenvalue weighted by Gasteiger charge is 2.28. The highest BCUT2D eigenvalue weighted by atomic mass is 16.2. The molecule has 0 saturated carbocycles. The number of urea groups is 1. The van der Waals surface area contributed by atoms with Crippen LogP contribution in [0.2, 0.25) is 0 Å². The monoisotopic (exact) mass is 377 g/mol. The zero-order chi connectivity index (χ0) is 19.5. The minimum atomic E-state index is -0.270. The van der Waals surface area contributed by atoms with Crippen LogP contribution >= 0.6 is 0 Å². The first-order chi connectivity index (χ1) is 13.6. The fourth-order valence-corrected chi connectivity index (χ4v) is 3.68. The number of rotatable bonds is 4. The molecule has 1 saturated heterocycles. The van der Waals surface area contributed by atoms with Gasteiger partial charge in [-0.2, -0.15) is 0 Å². The number of pyridine rings is 1. The fraction of sp³-hybridized carbons (Fsp3) is 0.333. The number of hydrogen-bond donors (Lipinski definition) is 1. The number of Topliss-reactive ketones (excluding diaryl/α,β-unsaturated/α-hetero) is 1. The average molecular weight is 377 g/mol. The Hall–Kier alpha value is -3.22. The predicted molar refractivity (Wildman–Crippen MR) is 105 cm³/mol. The Bertz CT molecular complexity index is 977. The van der Waals surface area contributed by atoms with Crippen LogP contribution in [0, 0.1) is 5.92 Å². The Morgan fingerprint density at radius 1 is 1.04 bits per heavy atom. The summed E-state index contributed by atoms with van der Waals surface area (Å²) in [5.41, 5.74) is 1.50. The van der Waals surface area contributed by atoms with Crippen molar-refractivity contribution >= 4 is 17.5 Å². The van der Waals surface area contributed by atoms with Gasteiger partial charge in [-0.1, -0.05) is 36.4 Å². The van der Waals surface area contributed by atoms with E-state index in [-0.39, 0.29) is 23.8 Å². The number of fused-ring (bicyclic) bond motifs is 1. The third kappa shape index (κ3) is 3.60. The SMILES string of the molecule is CC(NC(=O)N1CCC(C(=O)c2ccccc2)CC1)c1nnc2ccccn12. The van der Waals surface area contributed by atoms with Crippen molar-refractivity contribution in [1.82, 2.24) is 24.8 Å². The zero-order valence-corrected chi connectivity index (χ0v) is 15.8. The van der Waals surface area contributed by atoms with Gasteiger partial charge in [0.05, 0.1) is 6.04 Å². The maximum Gasteiger partial charge on any atom is 0.317 e. The summed E-state index contributed by atoms with van der Waals surface area (Å²) in [7, 11) is 0. The number of nitrogens with one attached hydrogen (secondary N) is 1. The van der Waals surface area contributed by atoms with Crippen LogP contribution in [-0.2, 0) is 0 Å². The first-order valence-electron chi connectivity index (χ1n) is 9.58. The molecule has 7 nitrogen and oxygen atoms in total. The number of amides is 2. The molecule has 1 aliphatic rings. The third-order valence-corrected chi connectivity index (χ3v) is 5.28. The molecular weight excluding hydrogens is 354 g/mol. The summed E-state index contributed by atoms with van der Waals surface area (Å²) in [6, 6.07) is 14.7. The van der Waals surface area contributed by atoms with Crippen LogP contribution in [0.1, 0.15) is 42.0 Å². The lowest BCUT2D eigenvalue weighted by atomic mass is 9.89. The third-order valence-electron chi connectivity index (χ3n) is 5.28. The van der Waals surface area contributed by atoms with E-state index in [4.69, 9.17) is 0 Å². The van der Waals surface area contributed by atoms with Crippen LogP contribution in [0.5, 0.6) is 0 Å². The highest BCUT2D eigenvalue weighted by molar-refractivity contribution is 5.98. The maximum absolute atomic E-state index is 12.7.